The summed E-state index contributed by atoms with van der Waals surface area (Å²) in [6.45, 7) is 7.30. The SMILES string of the molecule is C/C=C/CNC(CC)(CC)CCl. The average molecular weight is 190 g/mol. The van der Waals surface area contributed by atoms with Crippen LogP contribution in [0.1, 0.15) is 33.6 Å². The van der Waals surface area contributed by atoms with Crippen LogP contribution in [0.5, 0.6) is 0 Å². The van der Waals surface area contributed by atoms with Crippen molar-refractivity contribution < 1.29 is 0 Å². The maximum absolute atomic E-state index is 5.92. The smallest absolute Gasteiger partial charge is 0.0405 e. The first-order valence-corrected chi connectivity index (χ1v) is 5.20. The molecule has 1 N–H and O–H groups in total. The molecule has 0 rings (SSSR count). The molecule has 0 aromatic heterocycles. The fourth-order valence-electron chi connectivity index (χ4n) is 1.13. The van der Waals surface area contributed by atoms with E-state index in [9.17, 15) is 0 Å². The van der Waals surface area contributed by atoms with Gasteiger partial charge in [0.05, 0.1) is 0 Å². The lowest BCUT2D eigenvalue weighted by molar-refractivity contribution is 0.351. The van der Waals surface area contributed by atoms with E-state index in [1.807, 2.05) is 6.92 Å². The van der Waals surface area contributed by atoms with Crippen molar-refractivity contribution in [2.75, 3.05) is 12.4 Å². The molecular weight excluding hydrogens is 170 g/mol. The first-order chi connectivity index (χ1) is 5.74. The lowest BCUT2D eigenvalue weighted by Gasteiger charge is -2.30. The number of nitrogens with one attached hydrogen (secondary N) is 1. The fraction of sp³-hybridized carbons (Fsp3) is 0.800. The molecule has 0 aliphatic rings. The van der Waals surface area contributed by atoms with Crippen LogP contribution in [0.2, 0.25) is 0 Å². The average Bonchev–Trinajstić information content (AvgIpc) is 2.14. The molecule has 12 heavy (non-hydrogen) atoms. The Bertz CT molecular complexity index is 120. The normalized spacial score (nSPS) is 12.7. The van der Waals surface area contributed by atoms with E-state index in [0.717, 1.165) is 19.4 Å². The van der Waals surface area contributed by atoms with Crippen molar-refractivity contribution in [1.29, 1.82) is 0 Å². The highest BCUT2D eigenvalue weighted by molar-refractivity contribution is 6.18. The molecule has 0 fully saturated rings. The van der Waals surface area contributed by atoms with Gasteiger partial charge in [0, 0.05) is 18.0 Å². The van der Waals surface area contributed by atoms with Gasteiger partial charge in [-0.3, -0.25) is 0 Å². The summed E-state index contributed by atoms with van der Waals surface area (Å²) in [7, 11) is 0. The van der Waals surface area contributed by atoms with Crippen LogP contribution in [0.3, 0.4) is 0 Å². The van der Waals surface area contributed by atoms with Crippen molar-refractivity contribution in [3.63, 3.8) is 0 Å². The zero-order valence-corrected chi connectivity index (χ0v) is 9.12. The van der Waals surface area contributed by atoms with E-state index in [1.165, 1.54) is 0 Å². The Balaban J connectivity index is 3.92. The molecule has 0 amide bonds. The van der Waals surface area contributed by atoms with E-state index in [2.05, 4.69) is 31.3 Å². The van der Waals surface area contributed by atoms with Crippen molar-refractivity contribution >= 4 is 11.6 Å². The minimum Gasteiger partial charge on any atom is -0.307 e. The summed E-state index contributed by atoms with van der Waals surface area (Å²) in [5.74, 6) is 0.692. The standard InChI is InChI=1S/C10H20ClN/c1-4-7-8-12-10(5-2,6-3)9-11/h4,7,12H,5-6,8-9H2,1-3H3/b7-4+. The minimum atomic E-state index is 0.140. The second kappa shape index (κ2) is 6.50. The maximum atomic E-state index is 5.92. The zero-order valence-electron chi connectivity index (χ0n) is 8.36. The molecule has 0 radical (unpaired) electrons. The molecule has 0 saturated heterocycles. The molecule has 1 nitrogen and oxygen atoms in total. The number of hydrogen-bond acceptors (Lipinski definition) is 1. The Morgan fingerprint density at radius 3 is 2.25 bits per heavy atom. The molecule has 0 aliphatic heterocycles. The Labute approximate surface area is 81.2 Å². The number of allylic oxidation sites excluding steroid dienone is 1. The van der Waals surface area contributed by atoms with Crippen LogP contribution >= 0.6 is 11.6 Å². The van der Waals surface area contributed by atoms with Crippen molar-refractivity contribution in [3.8, 4) is 0 Å². The van der Waals surface area contributed by atoms with Crippen LogP contribution in [0.25, 0.3) is 0 Å². The van der Waals surface area contributed by atoms with Gasteiger partial charge < -0.3 is 5.32 Å². The lowest BCUT2D eigenvalue weighted by atomic mass is 9.95. The van der Waals surface area contributed by atoms with E-state index < -0.39 is 0 Å². The number of hydrogen-bond donors (Lipinski definition) is 1. The Morgan fingerprint density at radius 2 is 1.92 bits per heavy atom. The van der Waals surface area contributed by atoms with Gasteiger partial charge in [0.25, 0.3) is 0 Å². The Hall–Kier alpha value is -0.0100. The molecule has 0 atom stereocenters. The summed E-state index contributed by atoms with van der Waals surface area (Å²) < 4.78 is 0. The second-order valence-corrected chi connectivity index (χ2v) is 3.34. The third-order valence-electron chi connectivity index (χ3n) is 2.44. The van der Waals surface area contributed by atoms with Gasteiger partial charge in [-0.2, -0.15) is 0 Å². The highest BCUT2D eigenvalue weighted by Gasteiger charge is 2.22. The summed E-state index contributed by atoms with van der Waals surface area (Å²) >= 11 is 5.92. The molecule has 0 aromatic rings. The zero-order chi connectivity index (χ0) is 9.45. The lowest BCUT2D eigenvalue weighted by Crippen LogP contribution is -2.46. The second-order valence-electron chi connectivity index (χ2n) is 3.07. The van der Waals surface area contributed by atoms with Gasteiger partial charge in [-0.1, -0.05) is 26.0 Å². The molecule has 0 unspecified atom stereocenters. The van der Waals surface area contributed by atoms with Crippen LogP contribution in [-0.4, -0.2) is 18.0 Å². The molecule has 0 saturated carbocycles. The van der Waals surface area contributed by atoms with Gasteiger partial charge in [0.1, 0.15) is 0 Å². The summed E-state index contributed by atoms with van der Waals surface area (Å²) in [5.41, 5.74) is 0.140. The van der Waals surface area contributed by atoms with Gasteiger partial charge >= 0.3 is 0 Å². The molecule has 0 aliphatic carbocycles. The number of rotatable bonds is 6. The molecule has 0 spiro atoms. The Kier molecular flexibility index (Phi) is 6.49. The summed E-state index contributed by atoms with van der Waals surface area (Å²) in [4.78, 5) is 0. The molecule has 72 valence electrons. The van der Waals surface area contributed by atoms with Crippen LogP contribution in [0, 0.1) is 0 Å². The van der Waals surface area contributed by atoms with Crippen LogP contribution in [0.4, 0.5) is 0 Å². The third-order valence-corrected chi connectivity index (χ3v) is 2.95. The molecule has 0 heterocycles. The fourth-order valence-corrected chi connectivity index (χ4v) is 1.60. The predicted octanol–water partition coefficient (Wildman–Crippen LogP) is 2.95. The summed E-state index contributed by atoms with van der Waals surface area (Å²) in [6.07, 6.45) is 6.35. The molecule has 2 heteroatoms. The summed E-state index contributed by atoms with van der Waals surface area (Å²) in [5, 5.41) is 3.46. The number of alkyl halides is 1. The minimum absolute atomic E-state index is 0.140. The van der Waals surface area contributed by atoms with Gasteiger partial charge in [-0.15, -0.1) is 11.6 Å². The Morgan fingerprint density at radius 1 is 1.33 bits per heavy atom. The quantitative estimate of drug-likeness (QED) is 0.501. The van der Waals surface area contributed by atoms with Crippen molar-refractivity contribution in [2.24, 2.45) is 0 Å². The molecule has 0 bridgehead atoms. The van der Waals surface area contributed by atoms with Gasteiger partial charge in [0.15, 0.2) is 0 Å². The van der Waals surface area contributed by atoms with Crippen molar-refractivity contribution in [1.82, 2.24) is 5.32 Å². The topological polar surface area (TPSA) is 12.0 Å². The monoisotopic (exact) mass is 189 g/mol. The first-order valence-electron chi connectivity index (χ1n) is 4.66. The third kappa shape index (κ3) is 3.59. The van der Waals surface area contributed by atoms with Crippen molar-refractivity contribution in [3.05, 3.63) is 12.2 Å². The van der Waals surface area contributed by atoms with Gasteiger partial charge in [0.2, 0.25) is 0 Å². The first kappa shape index (κ1) is 12.0. The van der Waals surface area contributed by atoms with E-state index in [1.54, 1.807) is 0 Å². The van der Waals surface area contributed by atoms with E-state index >= 15 is 0 Å². The molecular formula is C10H20ClN. The van der Waals surface area contributed by atoms with Crippen LogP contribution < -0.4 is 5.32 Å². The van der Waals surface area contributed by atoms with Gasteiger partial charge in [-0.25, -0.2) is 0 Å². The summed E-state index contributed by atoms with van der Waals surface area (Å²) in [6, 6.07) is 0. The highest BCUT2D eigenvalue weighted by Crippen LogP contribution is 2.16. The van der Waals surface area contributed by atoms with E-state index in [-0.39, 0.29) is 5.54 Å². The van der Waals surface area contributed by atoms with Crippen LogP contribution in [-0.2, 0) is 0 Å². The highest BCUT2D eigenvalue weighted by atomic mass is 35.5. The maximum Gasteiger partial charge on any atom is 0.0405 e. The number of halogens is 1. The largest absolute Gasteiger partial charge is 0.307 e. The van der Waals surface area contributed by atoms with Gasteiger partial charge in [-0.05, 0) is 19.8 Å². The van der Waals surface area contributed by atoms with E-state index in [0.29, 0.717) is 5.88 Å². The molecule has 0 aromatic carbocycles. The predicted molar refractivity (Wildman–Crippen MR) is 56.8 cm³/mol. The van der Waals surface area contributed by atoms with Crippen LogP contribution in [0.15, 0.2) is 12.2 Å². The van der Waals surface area contributed by atoms with E-state index in [4.69, 9.17) is 11.6 Å². The van der Waals surface area contributed by atoms with Crippen molar-refractivity contribution in [2.45, 2.75) is 39.2 Å².